The van der Waals surface area contributed by atoms with E-state index in [-0.39, 0.29) is 18.1 Å². The van der Waals surface area contributed by atoms with Crippen LogP contribution in [0.25, 0.3) is 0 Å². The highest BCUT2D eigenvalue weighted by molar-refractivity contribution is 5.92. The van der Waals surface area contributed by atoms with Gasteiger partial charge in [-0.3, -0.25) is 10.2 Å². The molecular formula is C11H15F2N5O. The summed E-state index contributed by atoms with van der Waals surface area (Å²) in [5, 5.41) is 0. The molecule has 8 heteroatoms. The lowest BCUT2D eigenvalue weighted by molar-refractivity contribution is -0.0120. The van der Waals surface area contributed by atoms with E-state index in [9.17, 15) is 13.6 Å². The Morgan fingerprint density at radius 3 is 2.89 bits per heavy atom. The van der Waals surface area contributed by atoms with Crippen molar-refractivity contribution in [3.63, 3.8) is 0 Å². The number of carbonyl (C=O) groups is 1. The normalized spacial score (nSPS) is 18.2. The maximum absolute atomic E-state index is 13.4. The van der Waals surface area contributed by atoms with Crippen LogP contribution >= 0.6 is 0 Å². The number of halogens is 2. The Balaban J connectivity index is 2.29. The molecule has 104 valence electrons. The Hall–Kier alpha value is -1.83. The van der Waals surface area contributed by atoms with Crippen molar-refractivity contribution in [3.05, 3.63) is 17.5 Å². The summed E-state index contributed by atoms with van der Waals surface area (Å²) in [6, 6.07) is 1.45. The van der Waals surface area contributed by atoms with E-state index in [4.69, 9.17) is 5.84 Å². The minimum Gasteiger partial charge on any atom is -0.335 e. The number of aryl methyl sites for hydroxylation is 1. The summed E-state index contributed by atoms with van der Waals surface area (Å²) in [6.45, 7) is 1.68. The number of alkyl halides is 2. The van der Waals surface area contributed by atoms with Gasteiger partial charge in [0.1, 0.15) is 5.69 Å². The number of hydrogen-bond donors (Lipinski definition) is 2. The van der Waals surface area contributed by atoms with Crippen LogP contribution in [0.15, 0.2) is 6.07 Å². The monoisotopic (exact) mass is 271 g/mol. The fourth-order valence-corrected chi connectivity index (χ4v) is 2.02. The zero-order valence-electron chi connectivity index (χ0n) is 10.5. The largest absolute Gasteiger partial charge is 0.335 e. The highest BCUT2D eigenvalue weighted by Gasteiger charge is 2.36. The number of amides is 1. The number of hydrogen-bond acceptors (Lipinski definition) is 5. The van der Waals surface area contributed by atoms with Crippen LogP contribution in [0.2, 0.25) is 0 Å². The number of rotatable bonds is 2. The van der Waals surface area contributed by atoms with Crippen molar-refractivity contribution in [1.29, 1.82) is 0 Å². The van der Waals surface area contributed by atoms with E-state index in [0.29, 0.717) is 18.7 Å². The number of nitrogens with two attached hydrogens (primary N) is 1. The van der Waals surface area contributed by atoms with Crippen molar-refractivity contribution in [2.45, 2.75) is 25.7 Å². The van der Waals surface area contributed by atoms with Gasteiger partial charge in [0.15, 0.2) is 0 Å². The van der Waals surface area contributed by atoms with E-state index in [1.165, 1.54) is 11.0 Å². The fourth-order valence-electron chi connectivity index (χ4n) is 2.02. The number of aromatic nitrogens is 2. The van der Waals surface area contributed by atoms with Crippen LogP contribution in [0, 0.1) is 6.92 Å². The summed E-state index contributed by atoms with van der Waals surface area (Å²) in [5.41, 5.74) is 2.55. The molecule has 1 aromatic rings. The van der Waals surface area contributed by atoms with Crippen LogP contribution in [0.3, 0.4) is 0 Å². The average Bonchev–Trinajstić information content (AvgIpc) is 2.36. The lowest BCUT2D eigenvalue weighted by Gasteiger charge is -2.32. The van der Waals surface area contributed by atoms with E-state index >= 15 is 0 Å². The van der Waals surface area contributed by atoms with Gasteiger partial charge in [-0.05, 0) is 19.4 Å². The van der Waals surface area contributed by atoms with Crippen LogP contribution < -0.4 is 16.2 Å². The SMILES string of the molecule is Cc1cc(C(=O)NN)nc(N2CCCC(F)(F)C2)n1. The van der Waals surface area contributed by atoms with Crippen molar-refractivity contribution >= 4 is 11.9 Å². The molecule has 0 spiro atoms. The molecular weight excluding hydrogens is 256 g/mol. The van der Waals surface area contributed by atoms with Gasteiger partial charge in [0, 0.05) is 18.7 Å². The number of hydrazine groups is 1. The van der Waals surface area contributed by atoms with Gasteiger partial charge in [-0.2, -0.15) is 0 Å². The number of nitrogens with zero attached hydrogens (tertiary/aromatic N) is 3. The molecule has 1 saturated heterocycles. The van der Waals surface area contributed by atoms with E-state index in [1.807, 2.05) is 5.43 Å². The van der Waals surface area contributed by atoms with Crippen LogP contribution in [-0.2, 0) is 0 Å². The number of carbonyl (C=O) groups excluding carboxylic acids is 1. The number of anilines is 1. The Labute approximate surface area is 109 Å². The third-order valence-electron chi connectivity index (χ3n) is 2.88. The molecule has 1 aliphatic heterocycles. The lowest BCUT2D eigenvalue weighted by Crippen LogP contribution is -2.43. The lowest BCUT2D eigenvalue weighted by atomic mass is 10.1. The molecule has 0 aliphatic carbocycles. The maximum atomic E-state index is 13.4. The quantitative estimate of drug-likeness (QED) is 0.468. The molecule has 2 rings (SSSR count). The smallest absolute Gasteiger partial charge is 0.283 e. The molecule has 1 amide bonds. The second-order valence-electron chi connectivity index (χ2n) is 4.55. The summed E-state index contributed by atoms with van der Waals surface area (Å²) in [5.74, 6) is 1.85. The predicted molar refractivity (Wildman–Crippen MR) is 64.8 cm³/mol. The third kappa shape index (κ3) is 3.14. The van der Waals surface area contributed by atoms with Gasteiger partial charge in [-0.1, -0.05) is 0 Å². The average molecular weight is 271 g/mol. The minimum absolute atomic E-state index is 0.0684. The van der Waals surface area contributed by atoms with Crippen molar-refractivity contribution in [2.24, 2.45) is 5.84 Å². The first kappa shape index (κ1) is 13.6. The highest BCUT2D eigenvalue weighted by atomic mass is 19.3. The van der Waals surface area contributed by atoms with Crippen LogP contribution in [0.4, 0.5) is 14.7 Å². The molecule has 1 fully saturated rings. The number of nitrogens with one attached hydrogen (secondary N) is 1. The van der Waals surface area contributed by atoms with Crippen LogP contribution in [0.5, 0.6) is 0 Å². The van der Waals surface area contributed by atoms with Crippen molar-refractivity contribution in [1.82, 2.24) is 15.4 Å². The Bertz CT molecular complexity index is 494. The van der Waals surface area contributed by atoms with Gasteiger partial charge in [-0.15, -0.1) is 0 Å². The fraction of sp³-hybridized carbons (Fsp3) is 0.545. The van der Waals surface area contributed by atoms with Gasteiger partial charge < -0.3 is 4.90 Å². The first-order chi connectivity index (χ1) is 8.91. The maximum Gasteiger partial charge on any atom is 0.283 e. The van der Waals surface area contributed by atoms with Crippen molar-refractivity contribution < 1.29 is 13.6 Å². The predicted octanol–water partition coefficient (Wildman–Crippen LogP) is 0.624. The molecule has 6 nitrogen and oxygen atoms in total. The van der Waals surface area contributed by atoms with Gasteiger partial charge in [-0.25, -0.2) is 24.6 Å². The second kappa shape index (κ2) is 5.04. The standard InChI is InChI=1S/C11H15F2N5O/c1-7-5-8(9(19)17-14)16-10(15-7)18-4-2-3-11(12,13)6-18/h5H,2-4,6,14H2,1H3,(H,17,19). The number of nitrogen functional groups attached to an aromatic ring is 1. The summed E-state index contributed by atoms with van der Waals surface area (Å²) in [6.07, 6.45) is 0.230. The molecule has 2 heterocycles. The highest BCUT2D eigenvalue weighted by Crippen LogP contribution is 2.28. The van der Waals surface area contributed by atoms with Crippen molar-refractivity contribution in [3.8, 4) is 0 Å². The molecule has 0 bridgehead atoms. The second-order valence-corrected chi connectivity index (χ2v) is 4.55. The Morgan fingerprint density at radius 1 is 1.53 bits per heavy atom. The molecule has 0 saturated carbocycles. The van der Waals surface area contributed by atoms with Gasteiger partial charge in [0.25, 0.3) is 11.8 Å². The summed E-state index contributed by atoms with van der Waals surface area (Å²) in [4.78, 5) is 20.9. The zero-order valence-corrected chi connectivity index (χ0v) is 10.5. The van der Waals surface area contributed by atoms with Crippen LogP contribution in [0.1, 0.15) is 29.0 Å². The summed E-state index contributed by atoms with van der Waals surface area (Å²) >= 11 is 0. The molecule has 19 heavy (non-hydrogen) atoms. The van der Waals surface area contributed by atoms with E-state index in [2.05, 4.69) is 9.97 Å². The number of piperidine rings is 1. The molecule has 1 aromatic heterocycles. The topological polar surface area (TPSA) is 84.1 Å². The Kier molecular flexibility index (Phi) is 3.61. The van der Waals surface area contributed by atoms with Crippen molar-refractivity contribution in [2.75, 3.05) is 18.0 Å². The Morgan fingerprint density at radius 2 is 2.26 bits per heavy atom. The molecule has 0 radical (unpaired) electrons. The molecule has 3 N–H and O–H groups in total. The first-order valence-corrected chi connectivity index (χ1v) is 5.91. The molecule has 0 atom stereocenters. The zero-order chi connectivity index (χ0) is 14.0. The molecule has 1 aliphatic rings. The van der Waals surface area contributed by atoms with E-state index in [1.54, 1.807) is 6.92 Å². The van der Waals surface area contributed by atoms with Gasteiger partial charge in [0.05, 0.1) is 6.54 Å². The van der Waals surface area contributed by atoms with E-state index < -0.39 is 18.4 Å². The van der Waals surface area contributed by atoms with Gasteiger partial charge >= 0.3 is 0 Å². The first-order valence-electron chi connectivity index (χ1n) is 5.91. The minimum atomic E-state index is -2.75. The molecule has 0 unspecified atom stereocenters. The van der Waals surface area contributed by atoms with Gasteiger partial charge in [0.2, 0.25) is 5.95 Å². The van der Waals surface area contributed by atoms with E-state index in [0.717, 1.165) is 0 Å². The third-order valence-corrected chi connectivity index (χ3v) is 2.88. The summed E-state index contributed by atoms with van der Waals surface area (Å²) < 4.78 is 26.7. The molecule has 0 aromatic carbocycles. The van der Waals surface area contributed by atoms with Crippen LogP contribution in [-0.4, -0.2) is 34.9 Å². The summed E-state index contributed by atoms with van der Waals surface area (Å²) in [7, 11) is 0.